The van der Waals surface area contributed by atoms with Crippen molar-refractivity contribution in [2.45, 2.75) is 25.0 Å². The van der Waals surface area contributed by atoms with Crippen LogP contribution in [0.3, 0.4) is 0 Å². The van der Waals surface area contributed by atoms with Crippen LogP contribution >= 0.6 is 0 Å². The fourth-order valence-electron chi connectivity index (χ4n) is 4.46. The van der Waals surface area contributed by atoms with Crippen LogP contribution in [0.2, 0.25) is 0 Å². The predicted molar refractivity (Wildman–Crippen MR) is 116 cm³/mol. The molecule has 2 aliphatic heterocycles. The summed E-state index contributed by atoms with van der Waals surface area (Å²) in [5, 5.41) is 13.2. The van der Waals surface area contributed by atoms with Gasteiger partial charge in [0.2, 0.25) is 0 Å². The first kappa shape index (κ1) is 19.5. The molecule has 1 aromatic heterocycles. The van der Waals surface area contributed by atoms with Gasteiger partial charge in [0.15, 0.2) is 0 Å². The first-order chi connectivity index (χ1) is 15.1. The number of likely N-dealkylation sites (tertiary alicyclic amines) is 1. The van der Waals surface area contributed by atoms with E-state index >= 15 is 0 Å². The number of aliphatic hydroxyl groups is 1. The number of carbonyl (C=O) groups is 2. The van der Waals surface area contributed by atoms with Crippen LogP contribution in [0, 0.1) is 0 Å². The number of nitrogens with zero attached hydrogens (tertiary/aromatic N) is 2. The number of pyridine rings is 1. The van der Waals surface area contributed by atoms with Crippen LogP contribution in [0.5, 0.6) is 0 Å². The predicted octanol–water partition coefficient (Wildman–Crippen LogP) is 3.84. The molecule has 0 bridgehead atoms. The molecule has 2 unspecified atom stereocenters. The van der Waals surface area contributed by atoms with E-state index in [0.717, 1.165) is 29.2 Å². The quantitative estimate of drug-likeness (QED) is 0.399. The van der Waals surface area contributed by atoms with Gasteiger partial charge in [-0.2, -0.15) is 0 Å². The Morgan fingerprint density at radius 1 is 1.06 bits per heavy atom. The van der Waals surface area contributed by atoms with Gasteiger partial charge in [-0.15, -0.1) is 0 Å². The highest BCUT2D eigenvalue weighted by molar-refractivity contribution is 6.46. The average Bonchev–Trinajstić information content (AvgIpc) is 3.41. The second-order valence-corrected chi connectivity index (χ2v) is 7.93. The molecule has 2 aromatic carbocycles. The molecule has 3 aromatic rings. The Morgan fingerprint density at radius 2 is 1.84 bits per heavy atom. The van der Waals surface area contributed by atoms with Gasteiger partial charge in [0.05, 0.1) is 17.7 Å². The van der Waals surface area contributed by atoms with Gasteiger partial charge >= 0.3 is 0 Å². The van der Waals surface area contributed by atoms with Crippen LogP contribution in [0.15, 0.2) is 72.6 Å². The maximum Gasteiger partial charge on any atom is 0.295 e. The molecule has 1 amide bonds. The molecule has 2 aliphatic rings. The zero-order valence-electron chi connectivity index (χ0n) is 16.9. The van der Waals surface area contributed by atoms with Crippen LogP contribution in [0.25, 0.3) is 16.5 Å². The molecule has 2 atom stereocenters. The van der Waals surface area contributed by atoms with E-state index in [4.69, 9.17) is 4.74 Å². The maximum absolute atomic E-state index is 13.1. The lowest BCUT2D eigenvalue weighted by atomic mass is 9.95. The number of ether oxygens (including phenoxy) is 1. The van der Waals surface area contributed by atoms with E-state index < -0.39 is 17.7 Å². The third-order valence-corrected chi connectivity index (χ3v) is 6.01. The fraction of sp³-hybridized carbons (Fsp3) is 0.240. The summed E-state index contributed by atoms with van der Waals surface area (Å²) in [5.74, 6) is -1.45. The first-order valence-electron chi connectivity index (χ1n) is 10.4. The zero-order chi connectivity index (χ0) is 21.4. The number of benzene rings is 2. The van der Waals surface area contributed by atoms with Crippen molar-refractivity contribution in [2.24, 2.45) is 0 Å². The molecule has 3 heterocycles. The second-order valence-electron chi connectivity index (χ2n) is 7.93. The second kappa shape index (κ2) is 7.96. The van der Waals surface area contributed by atoms with Crippen molar-refractivity contribution in [3.05, 3.63) is 83.7 Å². The topological polar surface area (TPSA) is 79.7 Å². The van der Waals surface area contributed by atoms with Crippen LogP contribution in [0.1, 0.15) is 30.0 Å². The monoisotopic (exact) mass is 414 g/mol. The standard InChI is InChI=1S/C25H22N2O4/c28-23(19-8-7-16-4-1-2-5-18(16)14-19)21-22(17-9-11-26-12-10-17)27(25(30)24(21)29)15-20-6-3-13-31-20/h1-2,4-5,7-12,14,20,22,28H,3,6,13,15H2/b23-21-. The summed E-state index contributed by atoms with van der Waals surface area (Å²) in [5.41, 5.74) is 1.34. The highest BCUT2D eigenvalue weighted by Gasteiger charge is 2.47. The highest BCUT2D eigenvalue weighted by atomic mass is 16.5. The minimum atomic E-state index is -0.682. The average molecular weight is 414 g/mol. The third kappa shape index (κ3) is 3.49. The number of hydrogen-bond acceptors (Lipinski definition) is 5. The molecular formula is C25H22N2O4. The molecule has 2 saturated heterocycles. The molecule has 2 fully saturated rings. The normalized spacial score (nSPS) is 23.0. The molecule has 5 rings (SSSR count). The maximum atomic E-state index is 13.1. The molecular weight excluding hydrogens is 392 g/mol. The highest BCUT2D eigenvalue weighted by Crippen LogP contribution is 2.40. The number of ketones is 1. The Kier molecular flexibility index (Phi) is 5.00. The summed E-state index contributed by atoms with van der Waals surface area (Å²) >= 11 is 0. The van der Waals surface area contributed by atoms with Gasteiger partial charge in [-0.05, 0) is 47.4 Å². The van der Waals surface area contributed by atoms with Gasteiger partial charge in [-0.25, -0.2) is 0 Å². The Labute approximate surface area is 179 Å². The van der Waals surface area contributed by atoms with E-state index in [1.54, 1.807) is 30.6 Å². The van der Waals surface area contributed by atoms with E-state index in [1.807, 2.05) is 36.4 Å². The third-order valence-electron chi connectivity index (χ3n) is 6.01. The van der Waals surface area contributed by atoms with Crippen LogP contribution in [-0.4, -0.2) is 45.9 Å². The minimum Gasteiger partial charge on any atom is -0.507 e. The minimum absolute atomic E-state index is 0.101. The van der Waals surface area contributed by atoms with Gasteiger partial charge in [0.1, 0.15) is 5.76 Å². The number of carbonyl (C=O) groups excluding carboxylic acids is 2. The molecule has 0 saturated carbocycles. The molecule has 31 heavy (non-hydrogen) atoms. The SMILES string of the molecule is O=C1C(=O)N(CC2CCCO2)C(c2ccncc2)/C1=C(/O)c1ccc2ccccc2c1. The van der Waals surface area contributed by atoms with Crippen molar-refractivity contribution in [3.63, 3.8) is 0 Å². The van der Waals surface area contributed by atoms with Gasteiger partial charge in [-0.3, -0.25) is 14.6 Å². The molecule has 6 heteroatoms. The van der Waals surface area contributed by atoms with Crippen LogP contribution in [-0.2, 0) is 14.3 Å². The summed E-state index contributed by atoms with van der Waals surface area (Å²) < 4.78 is 5.72. The number of hydrogen-bond donors (Lipinski definition) is 1. The summed E-state index contributed by atoms with van der Waals surface area (Å²) in [6, 6.07) is 16.2. The smallest absolute Gasteiger partial charge is 0.295 e. The van der Waals surface area contributed by atoms with E-state index in [-0.39, 0.29) is 17.4 Å². The lowest BCUT2D eigenvalue weighted by Gasteiger charge is -2.27. The largest absolute Gasteiger partial charge is 0.507 e. The van der Waals surface area contributed by atoms with Gasteiger partial charge in [-0.1, -0.05) is 36.4 Å². The molecule has 156 valence electrons. The summed E-state index contributed by atoms with van der Waals surface area (Å²) in [6.07, 6.45) is 4.92. The first-order valence-corrected chi connectivity index (χ1v) is 10.4. The molecule has 0 spiro atoms. The Hall–Kier alpha value is -3.51. The van der Waals surface area contributed by atoms with Crippen LogP contribution in [0.4, 0.5) is 0 Å². The van der Waals surface area contributed by atoms with Crippen molar-refractivity contribution in [2.75, 3.05) is 13.2 Å². The Balaban J connectivity index is 1.63. The number of aliphatic hydroxyl groups excluding tert-OH is 1. The van der Waals surface area contributed by atoms with Crippen molar-refractivity contribution in [1.82, 2.24) is 9.88 Å². The van der Waals surface area contributed by atoms with Gasteiger partial charge in [0.25, 0.3) is 11.7 Å². The lowest BCUT2D eigenvalue weighted by molar-refractivity contribution is -0.140. The van der Waals surface area contributed by atoms with E-state index in [0.29, 0.717) is 18.7 Å². The summed E-state index contributed by atoms with van der Waals surface area (Å²) in [4.78, 5) is 31.7. The molecule has 1 N–H and O–H groups in total. The van der Waals surface area contributed by atoms with Crippen molar-refractivity contribution >= 4 is 28.2 Å². The van der Waals surface area contributed by atoms with Gasteiger partial charge in [0, 0.05) is 31.1 Å². The summed E-state index contributed by atoms with van der Waals surface area (Å²) in [7, 11) is 0. The van der Waals surface area contributed by atoms with E-state index in [1.165, 1.54) is 4.90 Å². The number of rotatable bonds is 4. The molecule has 0 radical (unpaired) electrons. The molecule has 6 nitrogen and oxygen atoms in total. The number of amides is 1. The van der Waals surface area contributed by atoms with E-state index in [2.05, 4.69) is 4.98 Å². The lowest BCUT2D eigenvalue weighted by Crippen LogP contribution is -2.36. The van der Waals surface area contributed by atoms with Gasteiger partial charge < -0.3 is 14.7 Å². The molecule has 0 aliphatic carbocycles. The summed E-state index contributed by atoms with van der Waals surface area (Å²) in [6.45, 7) is 0.970. The van der Waals surface area contributed by atoms with Crippen molar-refractivity contribution < 1.29 is 19.4 Å². The van der Waals surface area contributed by atoms with E-state index in [9.17, 15) is 14.7 Å². The fourth-order valence-corrected chi connectivity index (χ4v) is 4.46. The van der Waals surface area contributed by atoms with Crippen molar-refractivity contribution in [1.29, 1.82) is 0 Å². The number of Topliss-reactive ketones (excluding diaryl/α,β-unsaturated/α-hetero) is 1. The number of fused-ring (bicyclic) bond motifs is 1. The zero-order valence-corrected chi connectivity index (χ0v) is 16.9. The Bertz CT molecular complexity index is 1180. The van der Waals surface area contributed by atoms with Crippen molar-refractivity contribution in [3.8, 4) is 0 Å². The Morgan fingerprint density at radius 3 is 2.58 bits per heavy atom. The van der Waals surface area contributed by atoms with Crippen LogP contribution < -0.4 is 0 Å². The number of aromatic nitrogens is 1.